The molecule has 2 amide bonds. The molecule has 1 aromatic rings. The summed E-state index contributed by atoms with van der Waals surface area (Å²) in [4.78, 5) is 23.7. The van der Waals surface area contributed by atoms with Crippen LogP contribution in [0.25, 0.3) is 0 Å². The molecule has 0 aromatic carbocycles. The summed E-state index contributed by atoms with van der Waals surface area (Å²) in [5.41, 5.74) is 0.696. The summed E-state index contributed by atoms with van der Waals surface area (Å²) in [6, 6.07) is 3.41. The van der Waals surface area contributed by atoms with E-state index < -0.39 is 0 Å². The van der Waals surface area contributed by atoms with Crippen molar-refractivity contribution in [3.63, 3.8) is 0 Å². The first-order chi connectivity index (χ1) is 10.1. The minimum absolute atomic E-state index is 0.121. The minimum Gasteiger partial charge on any atom is -0.496 e. The molecular weight excluding hydrogens is 270 g/mol. The van der Waals surface area contributed by atoms with Crippen LogP contribution in [0.4, 0.5) is 4.79 Å². The van der Waals surface area contributed by atoms with Crippen LogP contribution in [0.15, 0.2) is 16.9 Å². The molecule has 6 heteroatoms. The number of nitrogens with zero attached hydrogens (tertiary/aromatic N) is 1. The second-order valence-electron chi connectivity index (χ2n) is 5.41. The molecule has 116 valence electrons. The van der Waals surface area contributed by atoms with Crippen molar-refractivity contribution in [2.75, 3.05) is 13.7 Å². The van der Waals surface area contributed by atoms with Crippen molar-refractivity contribution >= 4 is 6.03 Å². The maximum absolute atomic E-state index is 11.9. The van der Waals surface area contributed by atoms with Crippen molar-refractivity contribution in [2.24, 2.45) is 0 Å². The number of urea groups is 1. The van der Waals surface area contributed by atoms with Crippen molar-refractivity contribution in [1.29, 1.82) is 0 Å². The van der Waals surface area contributed by atoms with E-state index in [-0.39, 0.29) is 11.6 Å². The lowest BCUT2D eigenvalue weighted by molar-refractivity contribution is 0.236. The summed E-state index contributed by atoms with van der Waals surface area (Å²) in [5.74, 6) is 0.556. The molecule has 21 heavy (non-hydrogen) atoms. The third-order valence-corrected chi connectivity index (χ3v) is 3.86. The molecule has 0 atom stereocenters. The molecule has 1 saturated carbocycles. The van der Waals surface area contributed by atoms with Gasteiger partial charge < -0.3 is 19.9 Å². The molecule has 0 radical (unpaired) electrons. The van der Waals surface area contributed by atoms with Gasteiger partial charge in [0, 0.05) is 30.9 Å². The van der Waals surface area contributed by atoms with Crippen LogP contribution in [-0.2, 0) is 6.54 Å². The van der Waals surface area contributed by atoms with Gasteiger partial charge >= 0.3 is 6.03 Å². The van der Waals surface area contributed by atoms with Gasteiger partial charge in [-0.2, -0.15) is 0 Å². The topological polar surface area (TPSA) is 72.4 Å². The molecule has 0 saturated heterocycles. The Bertz CT molecular complexity index is 548. The van der Waals surface area contributed by atoms with Crippen LogP contribution in [0.5, 0.6) is 5.75 Å². The molecule has 2 N–H and O–H groups in total. The highest BCUT2D eigenvalue weighted by Gasteiger charge is 2.16. The predicted molar refractivity (Wildman–Crippen MR) is 80.8 cm³/mol. The Kier molecular flexibility index (Phi) is 5.25. The third kappa shape index (κ3) is 4.24. The van der Waals surface area contributed by atoms with Gasteiger partial charge in [0.05, 0.1) is 7.11 Å². The molecule has 1 fully saturated rings. The fourth-order valence-corrected chi connectivity index (χ4v) is 2.69. The van der Waals surface area contributed by atoms with Crippen molar-refractivity contribution in [2.45, 2.75) is 45.2 Å². The highest BCUT2D eigenvalue weighted by atomic mass is 16.5. The third-order valence-electron chi connectivity index (χ3n) is 3.86. The Balaban J connectivity index is 1.83. The maximum atomic E-state index is 11.9. The summed E-state index contributed by atoms with van der Waals surface area (Å²) >= 11 is 0. The van der Waals surface area contributed by atoms with E-state index in [0.29, 0.717) is 24.9 Å². The van der Waals surface area contributed by atoms with Gasteiger partial charge in [-0.3, -0.25) is 4.79 Å². The summed E-state index contributed by atoms with van der Waals surface area (Å²) in [6.45, 7) is 2.72. The van der Waals surface area contributed by atoms with E-state index in [0.717, 1.165) is 18.5 Å². The van der Waals surface area contributed by atoms with E-state index >= 15 is 0 Å². The molecule has 0 bridgehead atoms. The smallest absolute Gasteiger partial charge is 0.315 e. The molecule has 0 aliphatic heterocycles. The lowest BCUT2D eigenvalue weighted by Gasteiger charge is -2.14. The van der Waals surface area contributed by atoms with Crippen LogP contribution in [0.2, 0.25) is 0 Å². The number of methoxy groups -OCH3 is 1. The average Bonchev–Trinajstić information content (AvgIpc) is 2.94. The van der Waals surface area contributed by atoms with Crippen LogP contribution < -0.4 is 20.9 Å². The molecule has 2 rings (SSSR count). The second kappa shape index (κ2) is 7.15. The largest absolute Gasteiger partial charge is 0.496 e. The molecule has 1 heterocycles. The number of hydrogen-bond donors (Lipinski definition) is 2. The number of pyridine rings is 1. The molecule has 1 aliphatic rings. The maximum Gasteiger partial charge on any atom is 0.315 e. The van der Waals surface area contributed by atoms with E-state index in [4.69, 9.17) is 4.74 Å². The highest BCUT2D eigenvalue weighted by Crippen LogP contribution is 2.17. The number of carbonyl (C=O) groups is 1. The van der Waals surface area contributed by atoms with Crippen molar-refractivity contribution in [3.8, 4) is 5.75 Å². The fraction of sp³-hybridized carbons (Fsp3) is 0.600. The van der Waals surface area contributed by atoms with Gasteiger partial charge in [-0.1, -0.05) is 12.8 Å². The fourth-order valence-electron chi connectivity index (χ4n) is 2.69. The first-order valence-electron chi connectivity index (χ1n) is 7.40. The van der Waals surface area contributed by atoms with E-state index in [9.17, 15) is 9.59 Å². The lowest BCUT2D eigenvalue weighted by atomic mass is 10.2. The number of hydrogen-bond acceptors (Lipinski definition) is 3. The van der Waals surface area contributed by atoms with Crippen LogP contribution in [-0.4, -0.2) is 30.3 Å². The number of ether oxygens (including phenoxy) is 1. The predicted octanol–water partition coefficient (Wildman–Crippen LogP) is 1.41. The van der Waals surface area contributed by atoms with Gasteiger partial charge in [-0.15, -0.1) is 0 Å². The van der Waals surface area contributed by atoms with E-state index in [1.807, 2.05) is 6.92 Å². The number of carbonyl (C=O) groups excluding carboxylic acids is 1. The Morgan fingerprint density at radius 2 is 2.10 bits per heavy atom. The van der Waals surface area contributed by atoms with Crippen LogP contribution in [0.1, 0.15) is 31.4 Å². The van der Waals surface area contributed by atoms with E-state index in [1.165, 1.54) is 26.0 Å². The zero-order valence-corrected chi connectivity index (χ0v) is 12.6. The standard InChI is InChI=1S/C15H23N3O3/c1-11-9-13(21-2)10-14(19)18(11)8-7-16-15(20)17-12-5-3-4-6-12/h9-10,12H,3-8H2,1-2H3,(H2,16,17,20). The van der Waals surface area contributed by atoms with Gasteiger partial charge in [0.25, 0.3) is 5.56 Å². The first kappa shape index (κ1) is 15.4. The molecule has 6 nitrogen and oxygen atoms in total. The molecule has 1 aromatic heterocycles. The van der Waals surface area contributed by atoms with Gasteiger partial charge in [0.1, 0.15) is 5.75 Å². The van der Waals surface area contributed by atoms with Crippen molar-refractivity contribution < 1.29 is 9.53 Å². The number of aromatic nitrogens is 1. The number of nitrogens with one attached hydrogen (secondary N) is 2. The van der Waals surface area contributed by atoms with Crippen molar-refractivity contribution in [3.05, 3.63) is 28.2 Å². The Morgan fingerprint density at radius 3 is 2.71 bits per heavy atom. The molecule has 0 unspecified atom stereocenters. The SMILES string of the molecule is COc1cc(C)n(CCNC(=O)NC2CCCC2)c(=O)c1. The van der Waals surface area contributed by atoms with Gasteiger partial charge in [-0.25, -0.2) is 4.79 Å². The monoisotopic (exact) mass is 293 g/mol. The lowest BCUT2D eigenvalue weighted by Crippen LogP contribution is -2.42. The molecular formula is C15H23N3O3. The van der Waals surface area contributed by atoms with Gasteiger partial charge in [-0.05, 0) is 25.8 Å². The van der Waals surface area contributed by atoms with Crippen LogP contribution >= 0.6 is 0 Å². The second-order valence-corrected chi connectivity index (χ2v) is 5.41. The normalized spacial score (nSPS) is 15.0. The van der Waals surface area contributed by atoms with E-state index in [2.05, 4.69) is 10.6 Å². The number of amides is 2. The van der Waals surface area contributed by atoms with Crippen molar-refractivity contribution in [1.82, 2.24) is 15.2 Å². The zero-order valence-electron chi connectivity index (χ0n) is 12.6. The quantitative estimate of drug-likeness (QED) is 0.862. The molecule has 0 spiro atoms. The Labute approximate surface area is 124 Å². The Morgan fingerprint density at radius 1 is 1.38 bits per heavy atom. The number of rotatable bonds is 5. The van der Waals surface area contributed by atoms with Crippen LogP contribution in [0.3, 0.4) is 0 Å². The van der Waals surface area contributed by atoms with Gasteiger partial charge in [0.2, 0.25) is 0 Å². The summed E-state index contributed by atoms with van der Waals surface area (Å²) in [6.07, 6.45) is 4.49. The zero-order chi connectivity index (χ0) is 15.2. The summed E-state index contributed by atoms with van der Waals surface area (Å²) in [7, 11) is 1.54. The Hall–Kier alpha value is -1.98. The first-order valence-corrected chi connectivity index (χ1v) is 7.40. The minimum atomic E-state index is -0.152. The summed E-state index contributed by atoms with van der Waals surface area (Å²) < 4.78 is 6.68. The average molecular weight is 293 g/mol. The van der Waals surface area contributed by atoms with E-state index in [1.54, 1.807) is 10.6 Å². The highest BCUT2D eigenvalue weighted by molar-refractivity contribution is 5.74. The van der Waals surface area contributed by atoms with Crippen LogP contribution in [0, 0.1) is 6.92 Å². The number of aryl methyl sites for hydroxylation is 1. The summed E-state index contributed by atoms with van der Waals surface area (Å²) in [5, 5.41) is 5.76. The van der Waals surface area contributed by atoms with Gasteiger partial charge in [0.15, 0.2) is 0 Å². The molecule has 1 aliphatic carbocycles.